The predicted octanol–water partition coefficient (Wildman–Crippen LogP) is 2.79. The van der Waals surface area contributed by atoms with Crippen molar-refractivity contribution in [2.24, 2.45) is 5.92 Å². The van der Waals surface area contributed by atoms with Crippen LogP contribution in [-0.4, -0.2) is 34.1 Å². The van der Waals surface area contributed by atoms with Gasteiger partial charge in [-0.3, -0.25) is 15.0 Å². The second-order valence-electron chi connectivity index (χ2n) is 6.09. The Morgan fingerprint density at radius 1 is 1.20 bits per heavy atom. The smallest absolute Gasteiger partial charge is 0.322 e. The summed E-state index contributed by atoms with van der Waals surface area (Å²) in [7, 11) is 0. The monoisotopic (exact) mass is 338 g/mol. The van der Waals surface area contributed by atoms with Crippen molar-refractivity contribution in [1.29, 1.82) is 0 Å². The lowest BCUT2D eigenvalue weighted by molar-refractivity contribution is -0.119. The molecule has 1 atom stereocenters. The van der Waals surface area contributed by atoms with Crippen LogP contribution in [0.1, 0.15) is 12.0 Å². The number of nitrogens with zero attached hydrogens (tertiary/aromatic N) is 3. The molecular formula is C18H18N4O3. The number of aromatic nitrogens is 2. The van der Waals surface area contributed by atoms with Crippen LogP contribution in [0.25, 0.3) is 11.7 Å². The molecule has 0 aliphatic carbocycles. The van der Waals surface area contributed by atoms with Crippen LogP contribution in [-0.2, 0) is 11.3 Å². The van der Waals surface area contributed by atoms with Crippen molar-refractivity contribution in [3.8, 4) is 11.7 Å². The standard InChI is InChI=1S/C18H18N4O3/c23-16(19-18-21-20-17(25-18)15-7-4-10-24-15)14-8-9-22(12-14)11-13-5-2-1-3-6-13/h1-7,10,14H,8-9,11-12H2,(H,19,21,23). The summed E-state index contributed by atoms with van der Waals surface area (Å²) in [6, 6.07) is 13.8. The number of amides is 1. The largest absolute Gasteiger partial charge is 0.459 e. The van der Waals surface area contributed by atoms with E-state index in [1.807, 2.05) is 18.2 Å². The van der Waals surface area contributed by atoms with E-state index in [2.05, 4.69) is 32.5 Å². The van der Waals surface area contributed by atoms with Gasteiger partial charge in [-0.1, -0.05) is 35.4 Å². The Kier molecular flexibility index (Phi) is 4.30. The third-order valence-electron chi connectivity index (χ3n) is 4.28. The van der Waals surface area contributed by atoms with Gasteiger partial charge < -0.3 is 8.83 Å². The first kappa shape index (κ1) is 15.6. The van der Waals surface area contributed by atoms with E-state index in [9.17, 15) is 4.79 Å². The first-order chi connectivity index (χ1) is 12.3. The van der Waals surface area contributed by atoms with Gasteiger partial charge in [-0.15, -0.1) is 5.10 Å². The first-order valence-electron chi connectivity index (χ1n) is 8.22. The van der Waals surface area contributed by atoms with E-state index >= 15 is 0 Å². The summed E-state index contributed by atoms with van der Waals surface area (Å²) in [5.41, 5.74) is 1.25. The number of rotatable bonds is 5. The Hall–Kier alpha value is -2.93. The minimum absolute atomic E-state index is 0.0809. The molecule has 1 unspecified atom stereocenters. The fourth-order valence-corrected chi connectivity index (χ4v) is 3.01. The summed E-state index contributed by atoms with van der Waals surface area (Å²) < 4.78 is 10.6. The molecule has 25 heavy (non-hydrogen) atoms. The van der Waals surface area contributed by atoms with E-state index in [0.717, 1.165) is 26.1 Å². The number of benzene rings is 1. The van der Waals surface area contributed by atoms with Crippen LogP contribution >= 0.6 is 0 Å². The van der Waals surface area contributed by atoms with Gasteiger partial charge in [0.2, 0.25) is 5.91 Å². The summed E-state index contributed by atoms with van der Waals surface area (Å²) >= 11 is 0. The van der Waals surface area contributed by atoms with Gasteiger partial charge in [0.25, 0.3) is 5.89 Å². The van der Waals surface area contributed by atoms with Gasteiger partial charge in [0.05, 0.1) is 12.2 Å². The molecule has 4 rings (SSSR count). The van der Waals surface area contributed by atoms with E-state index in [-0.39, 0.29) is 23.7 Å². The van der Waals surface area contributed by atoms with Crippen LogP contribution in [0.15, 0.2) is 57.6 Å². The fourth-order valence-electron chi connectivity index (χ4n) is 3.01. The molecule has 1 aromatic carbocycles. The average Bonchev–Trinajstić information content (AvgIpc) is 3.37. The van der Waals surface area contributed by atoms with Crippen molar-refractivity contribution in [3.63, 3.8) is 0 Å². The molecule has 3 aromatic rings. The van der Waals surface area contributed by atoms with Crippen LogP contribution in [0, 0.1) is 5.92 Å². The number of nitrogens with one attached hydrogen (secondary N) is 1. The molecule has 1 fully saturated rings. The Balaban J connectivity index is 1.33. The number of anilines is 1. The highest BCUT2D eigenvalue weighted by atomic mass is 16.4. The maximum atomic E-state index is 12.4. The average molecular weight is 338 g/mol. The summed E-state index contributed by atoms with van der Waals surface area (Å²) in [5.74, 6) is 0.549. The third kappa shape index (κ3) is 3.61. The summed E-state index contributed by atoms with van der Waals surface area (Å²) in [6.07, 6.45) is 2.34. The number of furan rings is 1. The van der Waals surface area contributed by atoms with Gasteiger partial charge in [0, 0.05) is 13.1 Å². The van der Waals surface area contributed by atoms with Gasteiger partial charge in [-0.2, -0.15) is 0 Å². The zero-order valence-electron chi connectivity index (χ0n) is 13.6. The van der Waals surface area contributed by atoms with E-state index < -0.39 is 0 Å². The Morgan fingerprint density at radius 2 is 2.08 bits per heavy atom. The van der Waals surface area contributed by atoms with Crippen LogP contribution in [0.4, 0.5) is 6.01 Å². The highest BCUT2D eigenvalue weighted by Crippen LogP contribution is 2.22. The van der Waals surface area contributed by atoms with E-state index in [1.165, 1.54) is 11.8 Å². The fraction of sp³-hybridized carbons (Fsp3) is 0.278. The van der Waals surface area contributed by atoms with Crippen molar-refractivity contribution >= 4 is 11.9 Å². The van der Waals surface area contributed by atoms with Gasteiger partial charge in [-0.05, 0) is 30.7 Å². The molecular weight excluding hydrogens is 320 g/mol. The molecule has 7 heteroatoms. The van der Waals surface area contributed by atoms with Crippen molar-refractivity contribution in [3.05, 3.63) is 54.3 Å². The molecule has 0 spiro atoms. The summed E-state index contributed by atoms with van der Waals surface area (Å²) in [4.78, 5) is 14.7. The Labute approximate surface area is 144 Å². The van der Waals surface area contributed by atoms with Gasteiger partial charge in [-0.25, -0.2) is 0 Å². The number of carbonyl (C=O) groups excluding carboxylic acids is 1. The Morgan fingerprint density at radius 3 is 2.88 bits per heavy atom. The maximum Gasteiger partial charge on any atom is 0.322 e. The highest BCUT2D eigenvalue weighted by molar-refractivity contribution is 5.91. The minimum atomic E-state index is -0.0924. The van der Waals surface area contributed by atoms with Crippen molar-refractivity contribution in [1.82, 2.24) is 15.1 Å². The van der Waals surface area contributed by atoms with Gasteiger partial charge >= 0.3 is 6.01 Å². The first-order valence-corrected chi connectivity index (χ1v) is 8.22. The van der Waals surface area contributed by atoms with E-state index in [1.54, 1.807) is 12.1 Å². The lowest BCUT2D eigenvalue weighted by Gasteiger charge is -2.15. The SMILES string of the molecule is O=C(Nc1nnc(-c2ccco2)o1)C1CCN(Cc2ccccc2)C1. The lowest BCUT2D eigenvalue weighted by Crippen LogP contribution is -2.27. The number of hydrogen-bond acceptors (Lipinski definition) is 6. The molecule has 1 saturated heterocycles. The van der Waals surface area contributed by atoms with Crippen LogP contribution < -0.4 is 5.32 Å². The second kappa shape index (κ2) is 6.90. The minimum Gasteiger partial charge on any atom is -0.459 e. The maximum absolute atomic E-state index is 12.4. The van der Waals surface area contributed by atoms with Crippen LogP contribution in [0.3, 0.4) is 0 Å². The van der Waals surface area contributed by atoms with E-state index in [0.29, 0.717) is 5.76 Å². The normalized spacial score (nSPS) is 17.7. The number of carbonyl (C=O) groups is 1. The van der Waals surface area contributed by atoms with Crippen molar-refractivity contribution in [2.45, 2.75) is 13.0 Å². The predicted molar refractivity (Wildman–Crippen MR) is 90.5 cm³/mol. The number of hydrogen-bond donors (Lipinski definition) is 1. The molecule has 128 valence electrons. The second-order valence-corrected chi connectivity index (χ2v) is 6.09. The van der Waals surface area contributed by atoms with Crippen molar-refractivity contribution in [2.75, 3.05) is 18.4 Å². The molecule has 2 aromatic heterocycles. The third-order valence-corrected chi connectivity index (χ3v) is 4.28. The van der Waals surface area contributed by atoms with Gasteiger partial charge in [0.1, 0.15) is 0 Å². The molecule has 0 radical (unpaired) electrons. The summed E-state index contributed by atoms with van der Waals surface area (Å²) in [6.45, 7) is 2.47. The highest BCUT2D eigenvalue weighted by Gasteiger charge is 2.29. The molecule has 3 heterocycles. The molecule has 1 aliphatic rings. The molecule has 7 nitrogen and oxygen atoms in total. The lowest BCUT2D eigenvalue weighted by atomic mass is 10.1. The Bertz CT molecular complexity index is 829. The summed E-state index contributed by atoms with van der Waals surface area (Å²) in [5, 5.41) is 10.4. The molecule has 0 saturated carbocycles. The molecule has 0 bridgehead atoms. The van der Waals surface area contributed by atoms with Crippen LogP contribution in [0.2, 0.25) is 0 Å². The molecule has 1 aliphatic heterocycles. The number of likely N-dealkylation sites (tertiary alicyclic amines) is 1. The molecule has 1 amide bonds. The molecule has 1 N–H and O–H groups in total. The zero-order chi connectivity index (χ0) is 17.1. The van der Waals surface area contributed by atoms with E-state index in [4.69, 9.17) is 8.83 Å². The van der Waals surface area contributed by atoms with Crippen molar-refractivity contribution < 1.29 is 13.6 Å². The van der Waals surface area contributed by atoms with Gasteiger partial charge in [0.15, 0.2) is 5.76 Å². The van der Waals surface area contributed by atoms with Crippen LogP contribution in [0.5, 0.6) is 0 Å². The quantitative estimate of drug-likeness (QED) is 0.770. The topological polar surface area (TPSA) is 84.4 Å². The zero-order valence-corrected chi connectivity index (χ0v) is 13.6.